The number of nitrogens with one attached hydrogen (secondary N) is 1. The number of hydrogen-bond acceptors (Lipinski definition) is 5. The molecule has 124 valence electrons. The van der Waals surface area contributed by atoms with Crippen molar-refractivity contribution in [2.45, 2.75) is 13.8 Å². The summed E-state index contributed by atoms with van der Waals surface area (Å²) in [6.07, 6.45) is 0. The van der Waals surface area contributed by atoms with E-state index in [0.29, 0.717) is 27.0 Å². The largest absolute Gasteiger partial charge is 0.495 e. The zero-order chi connectivity index (χ0) is 17.4. The van der Waals surface area contributed by atoms with Crippen molar-refractivity contribution < 1.29 is 9.53 Å². The van der Waals surface area contributed by atoms with Gasteiger partial charge in [-0.15, -0.1) is 11.3 Å². The molecule has 0 saturated heterocycles. The molecule has 0 aliphatic heterocycles. The summed E-state index contributed by atoms with van der Waals surface area (Å²) in [5.74, 6) is 0.214. The van der Waals surface area contributed by atoms with Gasteiger partial charge >= 0.3 is 0 Å². The van der Waals surface area contributed by atoms with Gasteiger partial charge in [0.2, 0.25) is 0 Å². The predicted octanol–water partition coefficient (Wildman–Crippen LogP) is 4.41. The van der Waals surface area contributed by atoms with E-state index in [4.69, 9.17) is 22.1 Å². The Labute approximate surface area is 148 Å². The summed E-state index contributed by atoms with van der Waals surface area (Å²) in [6.45, 7) is 3.88. The molecule has 3 N–H and O–H groups in total. The number of carbonyl (C=O) groups excluding carboxylic acids is 1. The smallest absolute Gasteiger partial charge is 0.268 e. The third kappa shape index (κ3) is 2.90. The molecule has 0 aliphatic carbocycles. The summed E-state index contributed by atoms with van der Waals surface area (Å²) in [5.41, 5.74) is 9.03. The topological polar surface area (TPSA) is 77.2 Å². The van der Waals surface area contributed by atoms with Gasteiger partial charge in [-0.25, -0.2) is 4.98 Å². The van der Waals surface area contributed by atoms with Crippen molar-refractivity contribution in [2.75, 3.05) is 18.2 Å². The highest BCUT2D eigenvalue weighted by atomic mass is 35.5. The highest BCUT2D eigenvalue weighted by molar-refractivity contribution is 7.21. The molecular formula is C17H16ClN3O2S. The van der Waals surface area contributed by atoms with Gasteiger partial charge in [0, 0.05) is 16.1 Å². The van der Waals surface area contributed by atoms with Crippen molar-refractivity contribution in [3.05, 3.63) is 45.4 Å². The van der Waals surface area contributed by atoms with E-state index in [1.807, 2.05) is 19.9 Å². The number of nitrogen functional groups attached to an aromatic ring is 1. The number of anilines is 2. The standard InChI is InChI=1S/C17H16ClN3O2S/c1-8-6-9(2)20-17-13(8)14(19)15(24-17)16(22)21-11-7-10(18)4-5-12(11)23-3/h4-7H,19H2,1-3H3,(H,21,22). The summed E-state index contributed by atoms with van der Waals surface area (Å²) < 4.78 is 5.25. The molecule has 3 aromatic rings. The number of fused-ring (bicyclic) bond motifs is 1. The van der Waals surface area contributed by atoms with Gasteiger partial charge in [0.05, 0.1) is 18.5 Å². The molecule has 0 fully saturated rings. The monoisotopic (exact) mass is 361 g/mol. The van der Waals surface area contributed by atoms with Crippen LogP contribution in [-0.4, -0.2) is 18.0 Å². The van der Waals surface area contributed by atoms with E-state index in [1.54, 1.807) is 18.2 Å². The Hall–Kier alpha value is -2.31. The maximum Gasteiger partial charge on any atom is 0.268 e. The number of ether oxygens (including phenoxy) is 1. The SMILES string of the molecule is COc1ccc(Cl)cc1NC(=O)c1sc2nc(C)cc(C)c2c1N. The molecule has 0 unspecified atom stereocenters. The second-order valence-corrected chi connectivity index (χ2v) is 6.84. The number of halogens is 1. The van der Waals surface area contributed by atoms with Crippen LogP contribution in [0.1, 0.15) is 20.9 Å². The molecule has 1 aromatic carbocycles. The number of nitrogens with two attached hydrogens (primary N) is 1. The van der Waals surface area contributed by atoms with Gasteiger partial charge in [-0.05, 0) is 43.7 Å². The Morgan fingerprint density at radius 1 is 1.33 bits per heavy atom. The van der Waals surface area contributed by atoms with Gasteiger partial charge in [0.15, 0.2) is 0 Å². The minimum atomic E-state index is -0.312. The summed E-state index contributed by atoms with van der Waals surface area (Å²) in [7, 11) is 1.53. The third-order valence-corrected chi connectivity index (χ3v) is 4.97. The number of aryl methyl sites for hydroxylation is 2. The van der Waals surface area contributed by atoms with Gasteiger partial charge in [0.25, 0.3) is 5.91 Å². The Morgan fingerprint density at radius 3 is 2.79 bits per heavy atom. The second kappa shape index (κ2) is 6.30. The highest BCUT2D eigenvalue weighted by Crippen LogP contribution is 2.36. The van der Waals surface area contributed by atoms with Gasteiger partial charge in [-0.1, -0.05) is 11.6 Å². The van der Waals surface area contributed by atoms with Crippen LogP contribution in [0.2, 0.25) is 5.02 Å². The highest BCUT2D eigenvalue weighted by Gasteiger charge is 2.20. The van der Waals surface area contributed by atoms with Crippen molar-refractivity contribution in [3.63, 3.8) is 0 Å². The summed E-state index contributed by atoms with van der Waals surface area (Å²) in [6, 6.07) is 6.98. The molecule has 3 rings (SSSR count). The molecule has 7 heteroatoms. The molecule has 0 aliphatic rings. The first kappa shape index (κ1) is 16.5. The maximum atomic E-state index is 12.7. The minimum Gasteiger partial charge on any atom is -0.495 e. The molecule has 0 saturated carbocycles. The van der Waals surface area contributed by atoms with Crippen LogP contribution in [0.25, 0.3) is 10.2 Å². The Kier molecular flexibility index (Phi) is 4.34. The van der Waals surface area contributed by atoms with Crippen LogP contribution in [0.5, 0.6) is 5.75 Å². The summed E-state index contributed by atoms with van der Waals surface area (Å²) >= 11 is 7.27. The van der Waals surface area contributed by atoms with Crippen molar-refractivity contribution in [2.24, 2.45) is 0 Å². The Bertz CT molecular complexity index is 953. The molecule has 24 heavy (non-hydrogen) atoms. The van der Waals surface area contributed by atoms with E-state index >= 15 is 0 Å². The summed E-state index contributed by atoms with van der Waals surface area (Å²) in [5, 5.41) is 4.14. The molecule has 2 aromatic heterocycles. The van der Waals surface area contributed by atoms with Gasteiger partial charge in [-0.3, -0.25) is 4.79 Å². The number of benzene rings is 1. The van der Waals surface area contributed by atoms with Crippen LogP contribution in [0.4, 0.5) is 11.4 Å². The number of rotatable bonds is 3. The number of amides is 1. The molecule has 0 radical (unpaired) electrons. The number of aromatic nitrogens is 1. The number of pyridine rings is 1. The van der Waals surface area contributed by atoms with Crippen molar-refractivity contribution in [3.8, 4) is 5.75 Å². The molecule has 0 bridgehead atoms. The van der Waals surface area contributed by atoms with E-state index in [1.165, 1.54) is 18.4 Å². The van der Waals surface area contributed by atoms with Crippen LogP contribution < -0.4 is 15.8 Å². The number of methoxy groups -OCH3 is 1. The van der Waals surface area contributed by atoms with Crippen LogP contribution >= 0.6 is 22.9 Å². The predicted molar refractivity (Wildman–Crippen MR) is 99.5 cm³/mol. The van der Waals surface area contributed by atoms with E-state index in [2.05, 4.69) is 10.3 Å². The van der Waals surface area contributed by atoms with Crippen LogP contribution in [-0.2, 0) is 0 Å². The zero-order valence-electron chi connectivity index (χ0n) is 13.4. The van der Waals surface area contributed by atoms with E-state index in [0.717, 1.165) is 21.5 Å². The van der Waals surface area contributed by atoms with Crippen molar-refractivity contribution in [1.82, 2.24) is 4.98 Å². The average Bonchev–Trinajstić information content (AvgIpc) is 2.84. The first-order valence-electron chi connectivity index (χ1n) is 7.21. The van der Waals surface area contributed by atoms with E-state index < -0.39 is 0 Å². The van der Waals surface area contributed by atoms with Gasteiger partial charge < -0.3 is 15.8 Å². The lowest BCUT2D eigenvalue weighted by atomic mass is 10.1. The number of hydrogen-bond donors (Lipinski definition) is 2. The lowest BCUT2D eigenvalue weighted by Gasteiger charge is -2.10. The minimum absolute atomic E-state index is 0.312. The fourth-order valence-electron chi connectivity index (χ4n) is 2.59. The Morgan fingerprint density at radius 2 is 2.08 bits per heavy atom. The van der Waals surface area contributed by atoms with Crippen LogP contribution in [0.15, 0.2) is 24.3 Å². The first-order valence-corrected chi connectivity index (χ1v) is 8.41. The first-order chi connectivity index (χ1) is 11.4. The van der Waals surface area contributed by atoms with Crippen molar-refractivity contribution >= 4 is 50.4 Å². The quantitative estimate of drug-likeness (QED) is 0.724. The maximum absolute atomic E-state index is 12.7. The fraction of sp³-hybridized carbons (Fsp3) is 0.176. The van der Waals surface area contributed by atoms with Crippen LogP contribution in [0, 0.1) is 13.8 Å². The number of nitrogens with zero attached hydrogens (tertiary/aromatic N) is 1. The average molecular weight is 362 g/mol. The van der Waals surface area contributed by atoms with E-state index in [9.17, 15) is 4.79 Å². The lowest BCUT2D eigenvalue weighted by Crippen LogP contribution is -2.12. The van der Waals surface area contributed by atoms with Gasteiger partial charge in [-0.2, -0.15) is 0 Å². The summed E-state index contributed by atoms with van der Waals surface area (Å²) in [4.78, 5) is 18.3. The normalized spacial score (nSPS) is 10.8. The molecular weight excluding hydrogens is 346 g/mol. The fourth-order valence-corrected chi connectivity index (χ4v) is 3.88. The molecule has 0 spiro atoms. The number of carbonyl (C=O) groups is 1. The van der Waals surface area contributed by atoms with Crippen LogP contribution in [0.3, 0.4) is 0 Å². The second-order valence-electron chi connectivity index (χ2n) is 5.40. The molecule has 5 nitrogen and oxygen atoms in total. The molecule has 0 atom stereocenters. The lowest BCUT2D eigenvalue weighted by molar-refractivity contribution is 0.103. The zero-order valence-corrected chi connectivity index (χ0v) is 15.0. The Balaban J connectivity index is 2.02. The van der Waals surface area contributed by atoms with Gasteiger partial charge in [0.1, 0.15) is 15.5 Å². The third-order valence-electron chi connectivity index (χ3n) is 3.64. The molecule has 1 amide bonds. The number of thiophene rings is 1. The van der Waals surface area contributed by atoms with Crippen molar-refractivity contribution in [1.29, 1.82) is 0 Å². The molecule has 2 heterocycles. The van der Waals surface area contributed by atoms with E-state index in [-0.39, 0.29) is 5.91 Å².